The third-order valence-corrected chi connectivity index (χ3v) is 15.7. The van der Waals surface area contributed by atoms with E-state index in [2.05, 4.69) is 85.4 Å². The second-order valence-electron chi connectivity index (χ2n) is 24.0. The number of hydrogen-bond acceptors (Lipinski definition) is 11. The smallest absolute Gasteiger partial charge is 0.262 e. The highest BCUT2D eigenvalue weighted by Gasteiger charge is 2.28. The van der Waals surface area contributed by atoms with Gasteiger partial charge in [-0.15, -0.1) is 0 Å². The maximum atomic E-state index is 14.0. The lowest BCUT2D eigenvalue weighted by Gasteiger charge is -2.20. The third-order valence-electron chi connectivity index (χ3n) is 15.7. The van der Waals surface area contributed by atoms with Gasteiger partial charge in [-0.3, -0.25) is 28.8 Å². The van der Waals surface area contributed by atoms with Gasteiger partial charge in [0.05, 0.1) is 0 Å². The van der Waals surface area contributed by atoms with Crippen molar-refractivity contribution in [3.63, 3.8) is 0 Å². The average Bonchev–Trinajstić information content (AvgIpc) is 3.70. The van der Waals surface area contributed by atoms with Crippen LogP contribution in [0.4, 0.5) is 0 Å². The monoisotopic (exact) mass is 1220 g/mol. The zero-order chi connectivity index (χ0) is 63.7. The molecule has 10 N–H and O–H groups in total. The van der Waals surface area contributed by atoms with Gasteiger partial charge >= 0.3 is 0 Å². The molecule has 0 aromatic heterocycles. The zero-order valence-electron chi connectivity index (χ0n) is 55.7. The molecule has 6 amide bonds. The number of carbonyl (C=O) groups excluding carboxylic acids is 6. The van der Waals surface area contributed by atoms with Crippen LogP contribution in [0.15, 0.2) is 25.4 Å². The molecule has 87 heavy (non-hydrogen) atoms. The summed E-state index contributed by atoms with van der Waals surface area (Å²) in [6.45, 7) is 8.92. The van der Waals surface area contributed by atoms with Gasteiger partial charge in [0.2, 0.25) is 23.6 Å². The quantitative estimate of drug-likeness (QED) is 0.0125. The molecule has 502 valence electrons. The van der Waals surface area contributed by atoms with Gasteiger partial charge in [-0.05, 0) is 70.6 Å². The lowest BCUT2D eigenvalue weighted by atomic mass is 10.1. The number of nitrogens with two attached hydrogens (primary N) is 2. The second kappa shape index (κ2) is 63.8. The van der Waals surface area contributed by atoms with Crippen LogP contribution < -0.4 is 43.8 Å². The van der Waals surface area contributed by atoms with Gasteiger partial charge in [-0.1, -0.05) is 259 Å². The summed E-state index contributed by atoms with van der Waals surface area (Å²) in [6, 6.07) is -3.71. The van der Waals surface area contributed by atoms with Crippen molar-refractivity contribution in [3.05, 3.63) is 0 Å². The van der Waals surface area contributed by atoms with Gasteiger partial charge in [0.1, 0.15) is 18.1 Å². The first-order valence-electron chi connectivity index (χ1n) is 35.4. The normalized spacial score (nSPS) is 12.6. The molecule has 19 nitrogen and oxygen atoms in total. The molecule has 0 heterocycles. The Morgan fingerprint density at radius 1 is 0.310 bits per heavy atom. The highest BCUT2D eigenvalue weighted by molar-refractivity contribution is 5.93. The molecule has 0 saturated heterocycles. The minimum Gasteiger partial charge on any atom is -0.370 e. The first kappa shape index (κ1) is 81.8. The molecule has 0 rings (SSSR count). The minimum atomic E-state index is -1.33. The van der Waals surface area contributed by atoms with Gasteiger partial charge < -0.3 is 22.1 Å². The van der Waals surface area contributed by atoms with E-state index in [1.165, 1.54) is 193 Å². The lowest BCUT2D eigenvalue weighted by molar-refractivity contribution is -0.131. The Balaban J connectivity index is 5.77. The van der Waals surface area contributed by atoms with Crippen molar-refractivity contribution >= 4 is 66.3 Å². The molecule has 0 fully saturated rings. The molecule has 3 atom stereocenters. The van der Waals surface area contributed by atoms with Gasteiger partial charge in [0.25, 0.3) is 11.8 Å². The number of hydrogen-bond donors (Lipinski definition) is 8. The van der Waals surface area contributed by atoms with Crippen molar-refractivity contribution in [3.8, 4) is 0 Å². The third kappa shape index (κ3) is 57.0. The molecule has 0 aromatic carbocycles. The van der Waals surface area contributed by atoms with Crippen LogP contribution in [0.5, 0.6) is 0 Å². The minimum absolute atomic E-state index is 0.0556. The van der Waals surface area contributed by atoms with Gasteiger partial charge in [-0.2, -0.15) is 20.4 Å². The molecule has 0 radical (unpaired) electrons. The summed E-state index contributed by atoms with van der Waals surface area (Å²) in [7, 11) is 0. The molecule has 0 aliphatic rings. The van der Waals surface area contributed by atoms with Crippen LogP contribution in [0.2, 0.25) is 0 Å². The van der Waals surface area contributed by atoms with E-state index in [1.807, 2.05) is 0 Å². The first-order chi connectivity index (χ1) is 42.5. The molecule has 0 aliphatic heterocycles. The molecule has 19 heteroatoms. The van der Waals surface area contributed by atoms with E-state index < -0.39 is 59.5 Å². The summed E-state index contributed by atoms with van der Waals surface area (Å²) in [5.74, 6) is -3.91. The van der Waals surface area contributed by atoms with E-state index in [9.17, 15) is 28.8 Å². The van der Waals surface area contributed by atoms with Gasteiger partial charge in [-0.25, -0.2) is 26.7 Å². The Morgan fingerprint density at radius 3 is 0.851 bits per heavy atom. The van der Waals surface area contributed by atoms with Crippen LogP contribution in [0.1, 0.15) is 349 Å². The Bertz CT molecular complexity index is 1840. The molecule has 0 unspecified atom stereocenters. The van der Waals surface area contributed by atoms with Crippen LogP contribution in [0.3, 0.4) is 0 Å². The van der Waals surface area contributed by atoms with Crippen LogP contribution >= 0.6 is 0 Å². The topological polar surface area (TPSA) is 288 Å². The number of nitrogens with zero attached hydrogens (tertiary/aromatic N) is 5. The fourth-order valence-electron chi connectivity index (χ4n) is 10.2. The number of rotatable bonds is 63. The van der Waals surface area contributed by atoms with E-state index in [1.54, 1.807) is 24.9 Å². The van der Waals surface area contributed by atoms with E-state index >= 15 is 0 Å². The Kier molecular flexibility index (Phi) is 59.9. The molecular formula is C68H129N13O6. The maximum absolute atomic E-state index is 14.0. The second-order valence-corrected chi connectivity index (χ2v) is 24.0. The predicted octanol–water partition coefficient (Wildman–Crippen LogP) is 14.6. The molecular weight excluding hydrogens is 1090 g/mol. The fraction of sp³-hybridized carbons (Fsp3) is 0.838. The lowest BCUT2D eigenvalue weighted by Crippen LogP contribution is -2.49. The number of unbranched alkanes of at least 4 members (excludes halogenated alkanes) is 40. The number of hydrazone groups is 4. The van der Waals surface area contributed by atoms with Gasteiger partial charge in [0, 0.05) is 44.1 Å². The van der Waals surface area contributed by atoms with E-state index in [0.717, 1.165) is 77.0 Å². The average molecular weight is 1220 g/mol. The SMILES string of the molecule is CCCCCCCCCCCC/C=N/NC(=O)CC[C@H](NC(=O)CC[C@H](N=C(N)N)C(=O)N[C@@H](CCC(=O)N/N=C/CCCCCCCCCCCC)C(=O)N/N=C/CCCCCCCCCCCC)C(=O)N/N=C/CCCCCCCCCCCC. The fourth-order valence-corrected chi connectivity index (χ4v) is 10.2. The van der Waals surface area contributed by atoms with Crippen molar-refractivity contribution in [2.75, 3.05) is 0 Å². The van der Waals surface area contributed by atoms with Gasteiger partial charge in [0.15, 0.2) is 5.96 Å². The summed E-state index contributed by atoms with van der Waals surface area (Å²) in [6.07, 6.45) is 57.1. The number of guanidine groups is 1. The Morgan fingerprint density at radius 2 is 0.563 bits per heavy atom. The highest BCUT2D eigenvalue weighted by Crippen LogP contribution is 2.16. The zero-order valence-corrected chi connectivity index (χ0v) is 55.7. The standard InChI is InChI=1S/C68H129N13O6/c1-5-9-13-17-21-25-29-33-37-41-45-55-71-78-63(83)53-50-60(66(86)80-73-57-47-43-39-35-31-27-23-19-15-11-7-3)75-62(82)52-49-59(77-68(69)70)65(85)76-61(67(87)81-74-58-48-44-40-36-32-28-24-20-16-12-8-4)51-54-64(84)79-72-56-46-42-38-34-30-26-22-18-14-10-6-2/h55-61H,5-54H2,1-4H3,(H,75,82)(H,76,85)(H,78,83)(H,79,84)(H,80,86)(H,81,87)(H4,69,70,77)/b71-55+,72-56+,73-57+,74-58+/t59-,60-,61-/m0/s1. The van der Waals surface area contributed by atoms with Crippen molar-refractivity contribution < 1.29 is 28.8 Å². The number of carbonyl (C=O) groups is 6. The molecule has 0 aliphatic carbocycles. The summed E-state index contributed by atoms with van der Waals surface area (Å²) < 4.78 is 0. The van der Waals surface area contributed by atoms with Crippen molar-refractivity contribution in [1.82, 2.24) is 32.3 Å². The van der Waals surface area contributed by atoms with E-state index in [4.69, 9.17) is 11.5 Å². The van der Waals surface area contributed by atoms with Crippen LogP contribution in [0.25, 0.3) is 0 Å². The molecule has 0 bridgehead atoms. The number of aliphatic imine (C=N–C) groups is 1. The first-order valence-corrected chi connectivity index (χ1v) is 35.4. The van der Waals surface area contributed by atoms with Crippen molar-refractivity contribution in [2.24, 2.45) is 36.9 Å². The van der Waals surface area contributed by atoms with Crippen molar-refractivity contribution in [1.29, 1.82) is 0 Å². The summed E-state index contributed by atoms with van der Waals surface area (Å²) in [5, 5.41) is 21.9. The highest BCUT2D eigenvalue weighted by atomic mass is 16.2. The Labute approximate surface area is 528 Å². The Hall–Kier alpha value is -5.23. The summed E-state index contributed by atoms with van der Waals surface area (Å²) >= 11 is 0. The molecule has 0 spiro atoms. The summed E-state index contributed by atoms with van der Waals surface area (Å²) in [4.78, 5) is 84.7. The largest absolute Gasteiger partial charge is 0.370 e. The van der Waals surface area contributed by atoms with Crippen LogP contribution in [0, 0.1) is 0 Å². The number of nitrogens with one attached hydrogen (secondary N) is 6. The predicted molar refractivity (Wildman–Crippen MR) is 364 cm³/mol. The van der Waals surface area contributed by atoms with Crippen molar-refractivity contribution in [2.45, 2.75) is 367 Å². The van der Waals surface area contributed by atoms with E-state index in [-0.39, 0.29) is 38.5 Å². The molecule has 0 aromatic rings. The number of amides is 6. The van der Waals surface area contributed by atoms with Crippen LogP contribution in [-0.4, -0.2) is 84.4 Å². The summed E-state index contributed by atoms with van der Waals surface area (Å²) in [5.41, 5.74) is 21.7. The van der Waals surface area contributed by atoms with E-state index in [0.29, 0.717) is 12.8 Å². The maximum Gasteiger partial charge on any atom is 0.262 e. The van der Waals surface area contributed by atoms with Crippen LogP contribution in [-0.2, 0) is 28.8 Å². The molecule has 0 saturated carbocycles.